The Labute approximate surface area is 138 Å². The predicted molar refractivity (Wildman–Crippen MR) is 92.5 cm³/mol. The SMILES string of the molecule is CCN1CCCC1c1nc2cccnc2n1C1CCCN(C)C1. The Kier molecular flexibility index (Phi) is 4.07. The first kappa shape index (κ1) is 15.1. The molecule has 124 valence electrons. The molecule has 4 rings (SSSR count). The highest BCUT2D eigenvalue weighted by Gasteiger charge is 2.32. The van der Waals surface area contributed by atoms with Crippen molar-refractivity contribution in [2.24, 2.45) is 0 Å². The Morgan fingerprint density at radius 3 is 2.91 bits per heavy atom. The highest BCUT2D eigenvalue weighted by molar-refractivity contribution is 5.71. The van der Waals surface area contributed by atoms with Crippen molar-refractivity contribution in [2.45, 2.75) is 44.7 Å². The average molecular weight is 313 g/mol. The van der Waals surface area contributed by atoms with E-state index in [4.69, 9.17) is 4.98 Å². The van der Waals surface area contributed by atoms with Crippen molar-refractivity contribution in [3.63, 3.8) is 0 Å². The van der Waals surface area contributed by atoms with Crippen molar-refractivity contribution < 1.29 is 0 Å². The van der Waals surface area contributed by atoms with Crippen LogP contribution in [0.25, 0.3) is 11.2 Å². The van der Waals surface area contributed by atoms with Crippen LogP contribution in [0, 0.1) is 0 Å². The molecule has 2 atom stereocenters. The number of rotatable bonds is 3. The molecule has 0 N–H and O–H groups in total. The Bertz CT molecular complexity index is 679. The maximum atomic E-state index is 5.03. The summed E-state index contributed by atoms with van der Waals surface area (Å²) in [6.45, 7) is 6.87. The Morgan fingerprint density at radius 2 is 2.09 bits per heavy atom. The first-order valence-electron chi connectivity index (χ1n) is 9.03. The van der Waals surface area contributed by atoms with E-state index in [-0.39, 0.29) is 0 Å². The van der Waals surface area contributed by atoms with Crippen LogP contribution in [0.1, 0.15) is 50.5 Å². The molecule has 5 nitrogen and oxygen atoms in total. The number of likely N-dealkylation sites (N-methyl/N-ethyl adjacent to an activating group) is 1. The summed E-state index contributed by atoms with van der Waals surface area (Å²) in [7, 11) is 2.23. The summed E-state index contributed by atoms with van der Waals surface area (Å²) >= 11 is 0. The van der Waals surface area contributed by atoms with Crippen molar-refractivity contribution in [1.82, 2.24) is 24.3 Å². The lowest BCUT2D eigenvalue weighted by Crippen LogP contribution is -2.35. The third kappa shape index (κ3) is 2.66. The van der Waals surface area contributed by atoms with Crippen LogP contribution in [0.15, 0.2) is 18.3 Å². The van der Waals surface area contributed by atoms with E-state index in [9.17, 15) is 0 Å². The Balaban J connectivity index is 1.81. The predicted octanol–water partition coefficient (Wildman–Crippen LogP) is 2.85. The molecule has 0 aliphatic carbocycles. The normalized spacial score (nSPS) is 27.0. The summed E-state index contributed by atoms with van der Waals surface area (Å²) in [6.07, 6.45) is 6.90. The average Bonchev–Trinajstić information content (AvgIpc) is 3.18. The van der Waals surface area contributed by atoms with E-state index in [2.05, 4.69) is 39.4 Å². The van der Waals surface area contributed by atoms with Crippen LogP contribution in [0.3, 0.4) is 0 Å². The molecule has 0 spiro atoms. The van der Waals surface area contributed by atoms with Gasteiger partial charge in [-0.3, -0.25) is 4.90 Å². The summed E-state index contributed by atoms with van der Waals surface area (Å²) in [5.74, 6) is 1.25. The second kappa shape index (κ2) is 6.21. The number of fused-ring (bicyclic) bond motifs is 1. The fourth-order valence-electron chi connectivity index (χ4n) is 4.39. The number of aromatic nitrogens is 3. The topological polar surface area (TPSA) is 37.2 Å². The van der Waals surface area contributed by atoms with Crippen LogP contribution < -0.4 is 0 Å². The van der Waals surface area contributed by atoms with Crippen LogP contribution in [-0.4, -0.2) is 57.6 Å². The van der Waals surface area contributed by atoms with Gasteiger partial charge in [-0.1, -0.05) is 6.92 Å². The summed E-state index contributed by atoms with van der Waals surface area (Å²) in [5.41, 5.74) is 2.13. The molecule has 0 bridgehead atoms. The van der Waals surface area contributed by atoms with Gasteiger partial charge in [-0.05, 0) is 64.5 Å². The first-order chi connectivity index (χ1) is 11.3. The lowest BCUT2D eigenvalue weighted by molar-refractivity contribution is 0.199. The molecule has 2 unspecified atom stereocenters. The van der Waals surface area contributed by atoms with Crippen LogP contribution in [-0.2, 0) is 0 Å². The van der Waals surface area contributed by atoms with E-state index in [0.717, 1.165) is 24.3 Å². The number of pyridine rings is 1. The molecule has 2 aliphatic heterocycles. The Hall–Kier alpha value is -1.46. The van der Waals surface area contributed by atoms with Crippen molar-refractivity contribution in [3.8, 4) is 0 Å². The molecule has 2 aromatic heterocycles. The van der Waals surface area contributed by atoms with Crippen LogP contribution in [0.5, 0.6) is 0 Å². The number of imidazole rings is 1. The number of hydrogen-bond acceptors (Lipinski definition) is 4. The third-order valence-electron chi connectivity index (χ3n) is 5.51. The fourth-order valence-corrected chi connectivity index (χ4v) is 4.39. The minimum absolute atomic E-state index is 0.460. The van der Waals surface area contributed by atoms with Gasteiger partial charge in [-0.25, -0.2) is 9.97 Å². The number of hydrogen-bond donors (Lipinski definition) is 0. The van der Waals surface area contributed by atoms with Gasteiger partial charge in [0.15, 0.2) is 5.65 Å². The van der Waals surface area contributed by atoms with Gasteiger partial charge in [0.05, 0.1) is 6.04 Å². The lowest BCUT2D eigenvalue weighted by Gasteiger charge is -2.33. The quantitative estimate of drug-likeness (QED) is 0.873. The highest BCUT2D eigenvalue weighted by atomic mass is 15.3. The molecule has 5 heteroatoms. The molecular weight excluding hydrogens is 286 g/mol. The van der Waals surface area contributed by atoms with Crippen molar-refractivity contribution in [1.29, 1.82) is 0 Å². The van der Waals surface area contributed by atoms with E-state index in [0.29, 0.717) is 12.1 Å². The molecule has 0 radical (unpaired) electrons. The molecule has 2 aromatic rings. The van der Waals surface area contributed by atoms with Gasteiger partial charge in [0.2, 0.25) is 0 Å². The van der Waals surface area contributed by atoms with E-state index in [1.807, 2.05) is 12.3 Å². The van der Waals surface area contributed by atoms with Crippen molar-refractivity contribution in [3.05, 3.63) is 24.2 Å². The fraction of sp³-hybridized carbons (Fsp3) is 0.667. The molecule has 2 aliphatic rings. The molecule has 2 fully saturated rings. The van der Waals surface area contributed by atoms with Crippen LogP contribution >= 0.6 is 0 Å². The van der Waals surface area contributed by atoms with Gasteiger partial charge < -0.3 is 9.47 Å². The minimum atomic E-state index is 0.460. The molecule has 0 saturated carbocycles. The minimum Gasteiger partial charge on any atom is -0.307 e. The monoisotopic (exact) mass is 313 g/mol. The molecular formula is C18H27N5. The summed E-state index contributed by atoms with van der Waals surface area (Å²) in [6, 6.07) is 5.08. The zero-order chi connectivity index (χ0) is 15.8. The maximum Gasteiger partial charge on any atom is 0.160 e. The molecule has 4 heterocycles. The molecule has 0 aromatic carbocycles. The van der Waals surface area contributed by atoms with E-state index < -0.39 is 0 Å². The summed E-state index contributed by atoms with van der Waals surface area (Å²) in [4.78, 5) is 14.7. The Morgan fingerprint density at radius 1 is 1.22 bits per heavy atom. The smallest absolute Gasteiger partial charge is 0.160 e. The van der Waals surface area contributed by atoms with Crippen molar-refractivity contribution in [2.75, 3.05) is 33.2 Å². The lowest BCUT2D eigenvalue weighted by atomic mass is 10.1. The second-order valence-corrected chi connectivity index (χ2v) is 7.03. The summed E-state index contributed by atoms with van der Waals surface area (Å²) in [5, 5.41) is 0. The second-order valence-electron chi connectivity index (χ2n) is 7.03. The molecule has 2 saturated heterocycles. The number of nitrogens with zero attached hydrogens (tertiary/aromatic N) is 5. The first-order valence-corrected chi connectivity index (χ1v) is 9.03. The number of likely N-dealkylation sites (tertiary alicyclic amines) is 2. The van der Waals surface area contributed by atoms with Gasteiger partial charge in [0, 0.05) is 18.8 Å². The van der Waals surface area contributed by atoms with Crippen molar-refractivity contribution >= 4 is 11.2 Å². The van der Waals surface area contributed by atoms with Gasteiger partial charge in [0.1, 0.15) is 11.3 Å². The van der Waals surface area contributed by atoms with Gasteiger partial charge >= 0.3 is 0 Å². The molecule has 0 amide bonds. The van der Waals surface area contributed by atoms with Crippen LogP contribution in [0.4, 0.5) is 0 Å². The van der Waals surface area contributed by atoms with Gasteiger partial charge in [0.25, 0.3) is 0 Å². The van der Waals surface area contributed by atoms with Crippen LogP contribution in [0.2, 0.25) is 0 Å². The number of piperidine rings is 1. The van der Waals surface area contributed by atoms with E-state index in [1.165, 1.54) is 44.6 Å². The standard InChI is InChI=1S/C18H27N5/c1-3-22-12-6-9-16(22)18-20-15-8-4-10-19-17(15)23(18)14-7-5-11-21(2)13-14/h4,8,10,14,16H,3,5-7,9,11-13H2,1-2H3. The highest BCUT2D eigenvalue weighted by Crippen LogP contribution is 2.36. The van der Waals surface area contributed by atoms with E-state index >= 15 is 0 Å². The van der Waals surface area contributed by atoms with Gasteiger partial charge in [-0.15, -0.1) is 0 Å². The zero-order valence-corrected chi connectivity index (χ0v) is 14.3. The van der Waals surface area contributed by atoms with E-state index in [1.54, 1.807) is 0 Å². The maximum absolute atomic E-state index is 5.03. The third-order valence-corrected chi connectivity index (χ3v) is 5.51. The largest absolute Gasteiger partial charge is 0.307 e. The molecule has 23 heavy (non-hydrogen) atoms. The summed E-state index contributed by atoms with van der Waals surface area (Å²) < 4.78 is 2.48. The zero-order valence-electron chi connectivity index (χ0n) is 14.3. The van der Waals surface area contributed by atoms with Gasteiger partial charge in [-0.2, -0.15) is 0 Å².